The van der Waals surface area contributed by atoms with E-state index in [9.17, 15) is 14.4 Å². The highest BCUT2D eigenvalue weighted by atomic mass is 32.1. The van der Waals surface area contributed by atoms with Crippen molar-refractivity contribution in [2.24, 2.45) is 0 Å². The third kappa shape index (κ3) is 6.46. The lowest BCUT2D eigenvalue weighted by molar-refractivity contribution is -0.119. The van der Waals surface area contributed by atoms with Crippen molar-refractivity contribution in [2.75, 3.05) is 55.6 Å². The first kappa shape index (κ1) is 27.9. The van der Waals surface area contributed by atoms with Gasteiger partial charge in [-0.3, -0.25) is 14.6 Å². The van der Waals surface area contributed by atoms with Crippen molar-refractivity contribution in [1.29, 1.82) is 0 Å². The average molecular weight is 550 g/mol. The van der Waals surface area contributed by atoms with Crippen LogP contribution in [0.3, 0.4) is 0 Å². The largest absolute Gasteiger partial charge is 0.444 e. The van der Waals surface area contributed by atoms with Gasteiger partial charge in [0.1, 0.15) is 22.5 Å². The van der Waals surface area contributed by atoms with Crippen LogP contribution < -0.4 is 15.1 Å². The summed E-state index contributed by atoms with van der Waals surface area (Å²) in [4.78, 5) is 44.0. The molecule has 0 aromatic heterocycles. The number of carbonyl (C=O) groups excluding carboxylic acids is 3. The molecule has 2 atom stereocenters. The fraction of sp³-hybridized carbons (Fsp3) is 0.615. The molecule has 3 fully saturated rings. The van der Waals surface area contributed by atoms with Gasteiger partial charge in [0, 0.05) is 39.6 Å². The van der Waals surface area contributed by atoms with E-state index in [0.717, 1.165) is 17.8 Å². The summed E-state index contributed by atoms with van der Waals surface area (Å²) in [6.45, 7) is 10.4. The number of nitrogens with one attached hydrogen (secondary N) is 1. The van der Waals surface area contributed by atoms with Crippen LogP contribution in [0.15, 0.2) is 18.2 Å². The summed E-state index contributed by atoms with van der Waals surface area (Å²) < 4.78 is 26.0. The Balaban J connectivity index is 1.34. The molecule has 0 saturated carbocycles. The van der Waals surface area contributed by atoms with Gasteiger partial charge in [-0.15, -0.1) is 0 Å². The molecule has 3 heterocycles. The summed E-state index contributed by atoms with van der Waals surface area (Å²) in [6, 6.07) is 4.55. The van der Waals surface area contributed by atoms with Crippen LogP contribution >= 0.6 is 12.2 Å². The second kappa shape index (κ2) is 11.3. The summed E-state index contributed by atoms with van der Waals surface area (Å²) in [6.07, 6.45) is 0.282. The Kier molecular flexibility index (Phi) is 8.29. The monoisotopic (exact) mass is 549 g/mol. The number of benzene rings is 1. The second-order valence-corrected chi connectivity index (χ2v) is 11.3. The van der Waals surface area contributed by atoms with Gasteiger partial charge in [-0.05, 0) is 51.8 Å². The van der Waals surface area contributed by atoms with Crippen LogP contribution in [0.25, 0.3) is 0 Å². The molecule has 3 aliphatic heterocycles. The Bertz CT molecular complexity index is 1090. The Hall–Kier alpha value is -3.15. The summed E-state index contributed by atoms with van der Waals surface area (Å²) in [7, 11) is 0. The van der Waals surface area contributed by atoms with Crippen LogP contribution in [-0.4, -0.2) is 96.4 Å². The van der Waals surface area contributed by atoms with Gasteiger partial charge < -0.3 is 24.6 Å². The lowest BCUT2D eigenvalue weighted by atomic mass is 10.1. The van der Waals surface area contributed by atoms with E-state index in [1.54, 1.807) is 17.0 Å². The molecule has 0 spiro atoms. The Morgan fingerprint density at radius 1 is 1.18 bits per heavy atom. The van der Waals surface area contributed by atoms with Crippen molar-refractivity contribution in [2.45, 2.75) is 58.3 Å². The van der Waals surface area contributed by atoms with Gasteiger partial charge in [-0.2, -0.15) is 0 Å². The number of amides is 3. The van der Waals surface area contributed by atoms with E-state index >= 15 is 4.39 Å². The minimum Gasteiger partial charge on any atom is -0.444 e. The van der Waals surface area contributed by atoms with Gasteiger partial charge in [-0.25, -0.2) is 14.0 Å². The Morgan fingerprint density at radius 3 is 2.53 bits per heavy atom. The maximum absolute atomic E-state index is 15.2. The smallest absolute Gasteiger partial charge is 0.414 e. The molecule has 1 aromatic rings. The number of thiocarbonyl (C=S) groups is 1. The van der Waals surface area contributed by atoms with Crippen LogP contribution in [-0.2, 0) is 14.3 Å². The Labute approximate surface area is 228 Å². The number of hydrogen-bond donors (Lipinski definition) is 1. The Morgan fingerprint density at radius 2 is 1.89 bits per heavy atom. The first-order chi connectivity index (χ1) is 17.9. The van der Waals surface area contributed by atoms with Gasteiger partial charge in [0.05, 0.1) is 30.5 Å². The number of cyclic esters (lactones) is 1. The third-order valence-corrected chi connectivity index (χ3v) is 7.32. The molecule has 12 heteroatoms. The molecule has 3 amide bonds. The minimum atomic E-state index is -0.569. The van der Waals surface area contributed by atoms with E-state index < -0.39 is 23.6 Å². The standard InChI is InChI=1S/C26H36FN5O5S/c1-17(33)28-15-19-16-32(24(34)36-19)18-7-8-21(20(27)14-18)29-10-12-30(13-11-29)23(38)22-6-5-9-31(22)25(35)37-26(2,3)4/h7-8,14,19,22H,5-6,9-13,15-16H2,1-4H3,(H,28,33)/t19-,22?/m0/s1. The summed E-state index contributed by atoms with van der Waals surface area (Å²) in [5, 5.41) is 2.63. The fourth-order valence-corrected chi connectivity index (χ4v) is 5.39. The average Bonchev–Trinajstić information content (AvgIpc) is 3.48. The summed E-state index contributed by atoms with van der Waals surface area (Å²) in [5.74, 6) is -0.636. The molecule has 3 aliphatic rings. The van der Waals surface area contributed by atoms with Crippen LogP contribution in [0.2, 0.25) is 0 Å². The first-order valence-corrected chi connectivity index (χ1v) is 13.4. The fourth-order valence-electron chi connectivity index (χ4n) is 4.96. The zero-order valence-electron chi connectivity index (χ0n) is 22.4. The summed E-state index contributed by atoms with van der Waals surface area (Å²) in [5.41, 5.74) is 0.295. The highest BCUT2D eigenvalue weighted by Gasteiger charge is 2.37. The number of nitrogens with zero attached hydrogens (tertiary/aromatic N) is 4. The molecule has 0 aliphatic carbocycles. The van der Waals surface area contributed by atoms with Crippen molar-refractivity contribution in [1.82, 2.24) is 15.1 Å². The van der Waals surface area contributed by atoms with Crippen LogP contribution in [0, 0.1) is 5.82 Å². The zero-order chi connectivity index (χ0) is 27.6. The van der Waals surface area contributed by atoms with Crippen LogP contribution in [0.1, 0.15) is 40.5 Å². The molecular formula is C26H36FN5O5S. The quantitative estimate of drug-likeness (QED) is 0.560. The highest BCUT2D eigenvalue weighted by molar-refractivity contribution is 7.80. The number of rotatable bonds is 5. The molecule has 3 saturated heterocycles. The number of halogens is 1. The van der Waals surface area contributed by atoms with Gasteiger partial charge >= 0.3 is 12.2 Å². The minimum absolute atomic E-state index is 0.169. The molecule has 1 unspecified atom stereocenters. The maximum atomic E-state index is 15.2. The van der Waals surface area contributed by atoms with Crippen molar-refractivity contribution in [3.05, 3.63) is 24.0 Å². The lowest BCUT2D eigenvalue weighted by Crippen LogP contribution is -2.54. The number of carbonyl (C=O) groups is 3. The van der Waals surface area contributed by atoms with E-state index in [0.29, 0.717) is 44.1 Å². The number of piperazine rings is 1. The van der Waals surface area contributed by atoms with Crippen molar-refractivity contribution < 1.29 is 28.2 Å². The van der Waals surface area contributed by atoms with Crippen molar-refractivity contribution in [3.8, 4) is 0 Å². The van der Waals surface area contributed by atoms with Gasteiger partial charge in [0.25, 0.3) is 0 Å². The SMILES string of the molecule is CC(=O)NC[C@H]1CN(c2ccc(N3CCN(C(=S)C4CCCN4C(=O)OC(C)(C)C)CC3)c(F)c2)C(=O)O1. The lowest BCUT2D eigenvalue weighted by Gasteiger charge is -2.40. The zero-order valence-corrected chi connectivity index (χ0v) is 23.2. The van der Waals surface area contributed by atoms with Gasteiger partial charge in [0.15, 0.2) is 0 Å². The van der Waals surface area contributed by atoms with E-state index in [1.165, 1.54) is 17.9 Å². The van der Waals surface area contributed by atoms with Crippen molar-refractivity contribution in [3.63, 3.8) is 0 Å². The van der Waals surface area contributed by atoms with E-state index in [4.69, 9.17) is 21.7 Å². The number of hydrogen-bond acceptors (Lipinski definition) is 7. The first-order valence-electron chi connectivity index (χ1n) is 13.0. The van der Waals surface area contributed by atoms with Crippen LogP contribution in [0.5, 0.6) is 0 Å². The van der Waals surface area contributed by atoms with E-state index in [-0.39, 0.29) is 31.1 Å². The van der Waals surface area contributed by atoms with E-state index in [1.807, 2.05) is 25.7 Å². The third-order valence-electron chi connectivity index (χ3n) is 6.79. The molecule has 4 rings (SSSR count). The van der Waals surface area contributed by atoms with Gasteiger partial charge in [-0.1, -0.05) is 12.2 Å². The number of ether oxygens (including phenoxy) is 2. The predicted octanol–water partition coefficient (Wildman–Crippen LogP) is 3.14. The number of anilines is 2. The molecule has 0 bridgehead atoms. The van der Waals surface area contributed by atoms with E-state index in [2.05, 4.69) is 10.2 Å². The molecule has 1 aromatic carbocycles. The molecule has 10 nitrogen and oxygen atoms in total. The maximum Gasteiger partial charge on any atom is 0.414 e. The highest BCUT2D eigenvalue weighted by Crippen LogP contribution is 2.29. The van der Waals surface area contributed by atoms with Crippen molar-refractivity contribution >= 4 is 46.7 Å². The van der Waals surface area contributed by atoms with Gasteiger partial charge in [0.2, 0.25) is 5.91 Å². The topological polar surface area (TPSA) is 94.7 Å². The molecule has 38 heavy (non-hydrogen) atoms. The summed E-state index contributed by atoms with van der Waals surface area (Å²) >= 11 is 5.80. The number of likely N-dealkylation sites (tertiary alicyclic amines) is 1. The molecular weight excluding hydrogens is 513 g/mol. The second-order valence-electron chi connectivity index (χ2n) is 10.8. The molecule has 208 valence electrons. The molecule has 1 N–H and O–H groups in total. The van der Waals surface area contributed by atoms with Crippen LogP contribution in [0.4, 0.5) is 25.4 Å². The molecule has 0 radical (unpaired) electrons. The predicted molar refractivity (Wildman–Crippen MR) is 145 cm³/mol. The normalized spacial score (nSPS) is 22.0.